The van der Waals surface area contributed by atoms with Gasteiger partial charge in [0.15, 0.2) is 0 Å². The van der Waals surface area contributed by atoms with Gasteiger partial charge in [-0.15, -0.1) is 0 Å². The quantitative estimate of drug-likeness (QED) is 0.587. The number of nitrogens with zero attached hydrogens (tertiary/aromatic N) is 1. The number of hydrogen-bond acceptors (Lipinski definition) is 5. The molecule has 1 aliphatic heterocycles. The third-order valence-corrected chi connectivity index (χ3v) is 2.78. The molecule has 1 rings (SSSR count). The minimum absolute atomic E-state index is 0.277. The van der Waals surface area contributed by atoms with Crippen LogP contribution in [-0.4, -0.2) is 35.6 Å². The molecule has 1 aliphatic rings. The Morgan fingerprint density at radius 1 is 1.61 bits per heavy atom. The maximum atomic E-state index is 13.0. The molecule has 0 amide bonds. The van der Waals surface area contributed by atoms with Crippen LogP contribution in [0, 0.1) is 0 Å². The summed E-state index contributed by atoms with van der Waals surface area (Å²) in [5.41, 5.74) is 0.379. The Kier molecular flexibility index (Phi) is 4.61. The first-order valence-electron chi connectivity index (χ1n) is 5.69. The summed E-state index contributed by atoms with van der Waals surface area (Å²) in [6.07, 6.45) is 1.55. The van der Waals surface area contributed by atoms with Gasteiger partial charge in [0.05, 0.1) is 19.2 Å². The summed E-state index contributed by atoms with van der Waals surface area (Å²) >= 11 is 0. The molecule has 18 heavy (non-hydrogen) atoms. The highest BCUT2D eigenvalue weighted by Crippen LogP contribution is 2.37. The summed E-state index contributed by atoms with van der Waals surface area (Å²) in [6.45, 7) is 0.586. The average Bonchev–Trinajstić information content (AvgIpc) is 2.67. The average molecular weight is 265 g/mol. The number of methoxy groups -OCH3 is 1. The fourth-order valence-corrected chi connectivity index (χ4v) is 1.55. The van der Waals surface area contributed by atoms with Gasteiger partial charge in [0.1, 0.15) is 0 Å². The van der Waals surface area contributed by atoms with Gasteiger partial charge in [0, 0.05) is 13.3 Å². The van der Waals surface area contributed by atoms with Gasteiger partial charge in [-0.3, -0.25) is 4.79 Å². The first kappa shape index (κ1) is 14.8. The number of esters is 1. The van der Waals surface area contributed by atoms with E-state index in [2.05, 4.69) is 14.7 Å². The third-order valence-electron chi connectivity index (χ3n) is 2.78. The molecule has 5 nitrogen and oxygen atoms in total. The van der Waals surface area contributed by atoms with Crippen molar-refractivity contribution in [3.8, 4) is 0 Å². The number of unbranched alkanes of at least 4 members (excludes halogenated alkanes) is 1. The van der Waals surface area contributed by atoms with E-state index in [1.165, 1.54) is 7.11 Å². The molecule has 0 saturated carbocycles. The Hall–Kier alpha value is -1.24. The second kappa shape index (κ2) is 5.60. The molecular formula is C11H17F2NO4. The van der Waals surface area contributed by atoms with E-state index in [4.69, 9.17) is 0 Å². The number of aliphatic hydroxyl groups is 1. The number of carbonyl (C=O) groups is 1. The fourth-order valence-electron chi connectivity index (χ4n) is 1.55. The van der Waals surface area contributed by atoms with E-state index in [1.807, 2.05) is 0 Å². The summed E-state index contributed by atoms with van der Waals surface area (Å²) in [5.74, 6) is -6.22. The largest absolute Gasteiger partial charge is 0.469 e. The van der Waals surface area contributed by atoms with E-state index >= 15 is 0 Å². The van der Waals surface area contributed by atoms with Crippen molar-refractivity contribution in [3.05, 3.63) is 0 Å². The van der Waals surface area contributed by atoms with Crippen LogP contribution in [0.25, 0.3) is 0 Å². The minimum Gasteiger partial charge on any atom is -0.469 e. The number of alkyl halides is 2. The summed E-state index contributed by atoms with van der Waals surface area (Å²) in [4.78, 5) is 15.2. The van der Waals surface area contributed by atoms with Crippen LogP contribution in [0.1, 0.15) is 39.0 Å². The van der Waals surface area contributed by atoms with Crippen LogP contribution < -0.4 is 0 Å². The van der Waals surface area contributed by atoms with Crippen molar-refractivity contribution in [2.24, 2.45) is 5.16 Å². The van der Waals surface area contributed by atoms with Gasteiger partial charge >= 0.3 is 17.7 Å². The number of halogens is 2. The monoisotopic (exact) mass is 265 g/mol. The minimum atomic E-state index is -3.37. The van der Waals surface area contributed by atoms with Crippen molar-refractivity contribution < 1.29 is 28.3 Å². The van der Waals surface area contributed by atoms with Crippen molar-refractivity contribution in [1.29, 1.82) is 0 Å². The molecule has 0 bridgehead atoms. The van der Waals surface area contributed by atoms with Crippen molar-refractivity contribution in [2.75, 3.05) is 7.11 Å². The Morgan fingerprint density at radius 2 is 2.28 bits per heavy atom. The number of carbonyl (C=O) groups excluding carboxylic acids is 1. The van der Waals surface area contributed by atoms with Gasteiger partial charge in [0.2, 0.25) is 0 Å². The van der Waals surface area contributed by atoms with Crippen LogP contribution in [0.15, 0.2) is 5.16 Å². The molecule has 104 valence electrons. The molecule has 0 aromatic heterocycles. The summed E-state index contributed by atoms with van der Waals surface area (Å²) in [5, 5.41) is 13.0. The standard InChI is InChI=1S/C11H17F2NO4/c1-10(12,13)11(16)7-8(14-18-11)5-3-4-6-9(15)17-2/h16H,3-7H2,1-2H3. The molecule has 7 heteroatoms. The van der Waals surface area contributed by atoms with Crippen LogP contribution in [0.4, 0.5) is 8.78 Å². The molecule has 1 heterocycles. The molecule has 0 aliphatic carbocycles. The highest BCUT2D eigenvalue weighted by molar-refractivity contribution is 5.86. The van der Waals surface area contributed by atoms with Gasteiger partial charge in [-0.1, -0.05) is 5.16 Å². The van der Waals surface area contributed by atoms with Gasteiger partial charge in [-0.2, -0.15) is 8.78 Å². The van der Waals surface area contributed by atoms with Crippen LogP contribution in [-0.2, 0) is 14.4 Å². The molecule has 0 saturated heterocycles. The van der Waals surface area contributed by atoms with E-state index in [0.717, 1.165) is 0 Å². The number of hydrogen-bond donors (Lipinski definition) is 1. The second-order valence-corrected chi connectivity index (χ2v) is 4.38. The predicted molar refractivity (Wildman–Crippen MR) is 59.2 cm³/mol. The van der Waals surface area contributed by atoms with Crippen molar-refractivity contribution in [1.82, 2.24) is 0 Å². The van der Waals surface area contributed by atoms with Crippen molar-refractivity contribution >= 4 is 11.7 Å². The zero-order chi connectivity index (χ0) is 13.8. The molecule has 0 aromatic rings. The summed E-state index contributed by atoms with van der Waals surface area (Å²) < 4.78 is 30.5. The Labute approximate surface area is 104 Å². The molecule has 0 spiro atoms. The van der Waals surface area contributed by atoms with Gasteiger partial charge in [0.25, 0.3) is 0 Å². The van der Waals surface area contributed by atoms with Gasteiger partial charge in [-0.05, 0) is 19.3 Å². The van der Waals surface area contributed by atoms with E-state index in [-0.39, 0.29) is 18.8 Å². The van der Waals surface area contributed by atoms with Gasteiger partial charge in [-0.25, -0.2) is 0 Å². The van der Waals surface area contributed by atoms with Crippen LogP contribution in [0.5, 0.6) is 0 Å². The van der Waals surface area contributed by atoms with Crippen LogP contribution >= 0.6 is 0 Å². The van der Waals surface area contributed by atoms with E-state index in [0.29, 0.717) is 31.9 Å². The number of rotatable bonds is 6. The Bertz CT molecular complexity index is 340. The van der Waals surface area contributed by atoms with Crippen LogP contribution in [0.3, 0.4) is 0 Å². The topological polar surface area (TPSA) is 68.1 Å². The van der Waals surface area contributed by atoms with Gasteiger partial charge < -0.3 is 14.7 Å². The lowest BCUT2D eigenvalue weighted by molar-refractivity contribution is -0.298. The number of ether oxygens (including phenoxy) is 1. The zero-order valence-electron chi connectivity index (χ0n) is 10.4. The lowest BCUT2D eigenvalue weighted by Gasteiger charge is -2.26. The summed E-state index contributed by atoms with van der Waals surface area (Å²) in [7, 11) is 1.31. The Balaban J connectivity index is 2.29. The predicted octanol–water partition coefficient (Wildman–Crippen LogP) is 1.84. The summed E-state index contributed by atoms with van der Waals surface area (Å²) in [6, 6.07) is 0. The second-order valence-electron chi connectivity index (χ2n) is 4.38. The maximum absolute atomic E-state index is 13.0. The fraction of sp³-hybridized carbons (Fsp3) is 0.818. The Morgan fingerprint density at radius 3 is 2.78 bits per heavy atom. The molecule has 1 atom stereocenters. The zero-order valence-corrected chi connectivity index (χ0v) is 10.4. The van der Waals surface area contributed by atoms with E-state index < -0.39 is 11.7 Å². The highest BCUT2D eigenvalue weighted by atomic mass is 19.3. The SMILES string of the molecule is COC(=O)CCCCC1=NOC(O)(C(C)(F)F)C1. The lowest BCUT2D eigenvalue weighted by Crippen LogP contribution is -2.46. The lowest BCUT2D eigenvalue weighted by atomic mass is 10.0. The van der Waals surface area contributed by atoms with Crippen LogP contribution in [0.2, 0.25) is 0 Å². The number of oxime groups is 1. The third kappa shape index (κ3) is 3.63. The first-order chi connectivity index (χ1) is 8.28. The molecule has 1 unspecified atom stereocenters. The van der Waals surface area contributed by atoms with E-state index in [9.17, 15) is 18.7 Å². The molecule has 1 N–H and O–H groups in total. The maximum Gasteiger partial charge on any atom is 0.311 e. The molecule has 0 radical (unpaired) electrons. The first-order valence-corrected chi connectivity index (χ1v) is 5.69. The van der Waals surface area contributed by atoms with E-state index in [1.54, 1.807) is 0 Å². The van der Waals surface area contributed by atoms with Crippen molar-refractivity contribution in [3.63, 3.8) is 0 Å². The molecule has 0 aromatic carbocycles. The molecular weight excluding hydrogens is 248 g/mol. The molecule has 0 fully saturated rings. The van der Waals surface area contributed by atoms with Crippen molar-refractivity contribution in [2.45, 2.75) is 50.7 Å². The normalized spacial score (nSPS) is 23.5. The smallest absolute Gasteiger partial charge is 0.311 e. The highest BCUT2D eigenvalue weighted by Gasteiger charge is 2.55.